The number of aryl methyl sites for hydroxylation is 5. The van der Waals surface area contributed by atoms with Gasteiger partial charge in [-0.05, 0) is 39.7 Å². The first-order valence-corrected chi connectivity index (χ1v) is 10.3. The summed E-state index contributed by atoms with van der Waals surface area (Å²) in [5.74, 6) is 0.886. The van der Waals surface area contributed by atoms with Crippen molar-refractivity contribution in [1.29, 1.82) is 0 Å². The fourth-order valence-electron chi connectivity index (χ4n) is 3.44. The Labute approximate surface area is 171 Å². The molecule has 0 atom stereocenters. The summed E-state index contributed by atoms with van der Waals surface area (Å²) in [6, 6.07) is 0. The number of aromatic nitrogens is 6. The molecule has 0 aromatic carbocycles. The summed E-state index contributed by atoms with van der Waals surface area (Å²) in [5, 5.41) is 12.5. The minimum Gasteiger partial charge on any atom is -0.309 e. The van der Waals surface area contributed by atoms with Gasteiger partial charge in [-0.2, -0.15) is 5.10 Å². The van der Waals surface area contributed by atoms with Crippen LogP contribution in [-0.2, 0) is 17.9 Å². The van der Waals surface area contributed by atoms with Gasteiger partial charge >= 0.3 is 5.69 Å². The molecule has 0 spiro atoms. The number of amides is 1. The van der Waals surface area contributed by atoms with E-state index >= 15 is 0 Å². The number of hydrogen-bond acceptors (Lipinski definition) is 6. The van der Waals surface area contributed by atoms with Crippen molar-refractivity contribution in [3.05, 3.63) is 38.5 Å². The minimum absolute atomic E-state index is 0.180. The molecule has 10 heteroatoms. The molecular weight excluding hydrogens is 390 g/mol. The number of carbonyl (C=O) groups excluding carboxylic acids is 1. The van der Waals surface area contributed by atoms with E-state index in [2.05, 4.69) is 20.5 Å². The highest BCUT2D eigenvalue weighted by atomic mass is 32.1. The highest BCUT2D eigenvalue weighted by Gasteiger charge is 2.20. The molecule has 1 N–H and O–H groups in total. The van der Waals surface area contributed by atoms with Gasteiger partial charge in [-0.3, -0.25) is 4.79 Å². The van der Waals surface area contributed by atoms with Crippen LogP contribution in [0, 0.1) is 27.7 Å². The molecule has 0 aliphatic rings. The summed E-state index contributed by atoms with van der Waals surface area (Å²) in [4.78, 5) is 32.1. The Hall–Kier alpha value is -3.01. The van der Waals surface area contributed by atoms with Crippen molar-refractivity contribution >= 4 is 38.9 Å². The van der Waals surface area contributed by atoms with Gasteiger partial charge in [0.2, 0.25) is 5.91 Å². The zero-order chi connectivity index (χ0) is 20.9. The highest BCUT2D eigenvalue weighted by molar-refractivity contribution is 7.18. The molecule has 0 aliphatic carbocycles. The maximum absolute atomic E-state index is 12.9. The van der Waals surface area contributed by atoms with E-state index in [4.69, 9.17) is 0 Å². The average molecular weight is 414 g/mol. The van der Waals surface area contributed by atoms with Crippen LogP contribution in [0.1, 0.15) is 35.2 Å². The quantitative estimate of drug-likeness (QED) is 0.542. The Morgan fingerprint density at radius 2 is 1.97 bits per heavy atom. The summed E-state index contributed by atoms with van der Waals surface area (Å²) >= 11 is 1.58. The van der Waals surface area contributed by atoms with Gasteiger partial charge in [0.15, 0.2) is 5.65 Å². The monoisotopic (exact) mass is 413 g/mol. The second-order valence-electron chi connectivity index (χ2n) is 7.17. The zero-order valence-electron chi connectivity index (χ0n) is 17.1. The number of thiophene rings is 1. The molecule has 4 rings (SSSR count). The number of anilines is 1. The lowest BCUT2D eigenvalue weighted by Gasteiger charge is -2.09. The van der Waals surface area contributed by atoms with Crippen molar-refractivity contribution in [3.63, 3.8) is 0 Å². The van der Waals surface area contributed by atoms with Crippen molar-refractivity contribution in [1.82, 2.24) is 28.9 Å². The molecule has 0 fully saturated rings. The molecule has 9 nitrogen and oxygen atoms in total. The van der Waals surface area contributed by atoms with Crippen LogP contribution in [0.25, 0.3) is 15.9 Å². The van der Waals surface area contributed by atoms with Crippen LogP contribution < -0.4 is 11.0 Å². The standard InChI is InChI=1S/C19H23N7O2S/c1-6-7-24-16(10(2)8-20-24)22-14(27)9-25-19(28)26-13(5)21-18-15(17(26)23-25)11(3)12(4)29-18/h8H,6-7,9H2,1-5H3,(H,22,27). The van der Waals surface area contributed by atoms with Crippen molar-refractivity contribution < 1.29 is 4.79 Å². The van der Waals surface area contributed by atoms with Gasteiger partial charge in [0.05, 0.1) is 11.6 Å². The number of carbonyl (C=O) groups is 1. The first-order chi connectivity index (χ1) is 13.8. The van der Waals surface area contributed by atoms with Gasteiger partial charge in [-0.15, -0.1) is 16.4 Å². The third kappa shape index (κ3) is 3.13. The van der Waals surface area contributed by atoms with E-state index < -0.39 is 0 Å². The van der Waals surface area contributed by atoms with Gasteiger partial charge < -0.3 is 5.32 Å². The number of fused-ring (bicyclic) bond motifs is 3. The third-order valence-electron chi connectivity index (χ3n) is 5.03. The third-order valence-corrected chi connectivity index (χ3v) is 6.13. The van der Waals surface area contributed by atoms with E-state index in [1.54, 1.807) is 29.1 Å². The van der Waals surface area contributed by atoms with E-state index in [9.17, 15) is 9.59 Å². The summed E-state index contributed by atoms with van der Waals surface area (Å²) in [7, 11) is 0. The van der Waals surface area contributed by atoms with E-state index in [1.807, 2.05) is 27.7 Å². The number of nitrogens with zero attached hydrogens (tertiary/aromatic N) is 6. The molecule has 0 saturated carbocycles. The second-order valence-corrected chi connectivity index (χ2v) is 8.37. The molecule has 152 valence electrons. The molecule has 0 unspecified atom stereocenters. The Balaban J connectivity index is 1.72. The molecular formula is C19H23N7O2S. The Bertz CT molecular complexity index is 1310. The summed E-state index contributed by atoms with van der Waals surface area (Å²) in [5.41, 5.74) is 2.10. The fourth-order valence-corrected chi connectivity index (χ4v) is 4.51. The summed E-state index contributed by atoms with van der Waals surface area (Å²) in [6.07, 6.45) is 2.62. The van der Waals surface area contributed by atoms with Crippen LogP contribution in [0.5, 0.6) is 0 Å². The SMILES string of the molecule is CCCn1ncc(C)c1NC(=O)Cn1nc2c3c(C)c(C)sc3nc(C)n2c1=O. The molecule has 4 aromatic rings. The molecule has 29 heavy (non-hydrogen) atoms. The molecule has 0 bridgehead atoms. The van der Waals surface area contributed by atoms with E-state index in [0.29, 0.717) is 23.8 Å². The number of hydrogen-bond donors (Lipinski definition) is 1. The maximum Gasteiger partial charge on any atom is 0.352 e. The predicted octanol–water partition coefficient (Wildman–Crippen LogP) is 2.58. The van der Waals surface area contributed by atoms with Gasteiger partial charge in [0.25, 0.3) is 0 Å². The first-order valence-electron chi connectivity index (χ1n) is 9.50. The lowest BCUT2D eigenvalue weighted by Crippen LogP contribution is -2.29. The highest BCUT2D eigenvalue weighted by Crippen LogP contribution is 2.31. The second kappa shape index (κ2) is 7.11. The van der Waals surface area contributed by atoms with Crippen LogP contribution in [-0.4, -0.2) is 34.9 Å². The molecule has 4 heterocycles. The average Bonchev–Trinajstić information content (AvgIpc) is 3.26. The normalized spacial score (nSPS) is 11.6. The Morgan fingerprint density at radius 1 is 1.21 bits per heavy atom. The van der Waals surface area contributed by atoms with Crippen LogP contribution in [0.2, 0.25) is 0 Å². The van der Waals surface area contributed by atoms with Crippen molar-refractivity contribution in [2.24, 2.45) is 0 Å². The Kier molecular flexibility index (Phi) is 4.73. The van der Waals surface area contributed by atoms with E-state index in [1.165, 1.54) is 9.08 Å². The first kappa shape index (κ1) is 19.3. The number of rotatable bonds is 5. The predicted molar refractivity (Wildman–Crippen MR) is 113 cm³/mol. The Morgan fingerprint density at radius 3 is 2.69 bits per heavy atom. The smallest absolute Gasteiger partial charge is 0.309 e. The fraction of sp³-hybridized carbons (Fsp3) is 0.421. The van der Waals surface area contributed by atoms with E-state index in [0.717, 1.165) is 32.6 Å². The minimum atomic E-state index is -0.371. The van der Waals surface area contributed by atoms with Gasteiger partial charge in [-0.25, -0.2) is 23.5 Å². The number of nitrogens with one attached hydrogen (secondary N) is 1. The topological polar surface area (TPSA) is 99.1 Å². The summed E-state index contributed by atoms with van der Waals surface area (Å²) < 4.78 is 4.43. The van der Waals surface area contributed by atoms with Crippen molar-refractivity contribution in [2.75, 3.05) is 5.32 Å². The van der Waals surface area contributed by atoms with Gasteiger partial charge in [0.1, 0.15) is 23.0 Å². The molecule has 0 saturated heterocycles. The van der Waals surface area contributed by atoms with E-state index in [-0.39, 0.29) is 18.1 Å². The molecule has 0 radical (unpaired) electrons. The van der Waals surface area contributed by atoms with Crippen LogP contribution in [0.4, 0.5) is 5.82 Å². The van der Waals surface area contributed by atoms with Gasteiger partial charge in [-0.1, -0.05) is 6.92 Å². The van der Waals surface area contributed by atoms with Crippen LogP contribution >= 0.6 is 11.3 Å². The zero-order valence-corrected chi connectivity index (χ0v) is 17.9. The van der Waals surface area contributed by atoms with Crippen LogP contribution in [0.3, 0.4) is 0 Å². The summed E-state index contributed by atoms with van der Waals surface area (Å²) in [6.45, 7) is 10.3. The lowest BCUT2D eigenvalue weighted by molar-refractivity contribution is -0.117. The molecule has 4 aromatic heterocycles. The molecule has 0 aliphatic heterocycles. The lowest BCUT2D eigenvalue weighted by atomic mass is 10.2. The van der Waals surface area contributed by atoms with Crippen LogP contribution in [0.15, 0.2) is 11.0 Å². The van der Waals surface area contributed by atoms with Crippen molar-refractivity contribution in [3.8, 4) is 0 Å². The maximum atomic E-state index is 12.9. The largest absolute Gasteiger partial charge is 0.352 e. The molecule has 1 amide bonds. The van der Waals surface area contributed by atoms with Gasteiger partial charge in [0, 0.05) is 17.0 Å². The van der Waals surface area contributed by atoms with Crippen molar-refractivity contribution in [2.45, 2.75) is 54.1 Å².